The minimum atomic E-state index is -4.56. The summed E-state index contributed by atoms with van der Waals surface area (Å²) in [5.74, 6) is -1.39. The molecule has 4 rings (SSSR count). The zero-order valence-corrected chi connectivity index (χ0v) is 15.8. The maximum Gasteiger partial charge on any atom is 0.416 e. The number of rotatable bonds is 2. The van der Waals surface area contributed by atoms with E-state index in [1.165, 1.54) is 24.3 Å². The number of carbonyl (C=O) groups is 3. The van der Waals surface area contributed by atoms with Gasteiger partial charge < -0.3 is 5.32 Å². The second kappa shape index (κ2) is 7.11. The minimum Gasteiger partial charge on any atom is -0.321 e. The smallest absolute Gasteiger partial charge is 0.321 e. The predicted molar refractivity (Wildman–Crippen MR) is 108 cm³/mol. The van der Waals surface area contributed by atoms with Crippen LogP contribution in [-0.4, -0.2) is 17.5 Å². The Labute approximate surface area is 176 Å². The van der Waals surface area contributed by atoms with Crippen LogP contribution < -0.4 is 5.32 Å². The van der Waals surface area contributed by atoms with Gasteiger partial charge in [0.05, 0.1) is 16.3 Å². The number of ketones is 2. The predicted octanol–water partition coefficient (Wildman–Crippen LogP) is 5.88. The summed E-state index contributed by atoms with van der Waals surface area (Å²) < 4.78 is 38.3. The molecule has 0 heterocycles. The summed E-state index contributed by atoms with van der Waals surface area (Å²) in [6.45, 7) is 0. The highest BCUT2D eigenvalue weighted by Gasteiger charge is 2.32. The molecule has 0 unspecified atom stereocenters. The summed E-state index contributed by atoms with van der Waals surface area (Å²) in [6.07, 6.45) is -4.56. The third-order valence-corrected chi connectivity index (χ3v) is 5.04. The lowest BCUT2D eigenvalue weighted by atomic mass is 9.83. The summed E-state index contributed by atoms with van der Waals surface area (Å²) in [6, 6.07) is 13.0. The van der Waals surface area contributed by atoms with Crippen LogP contribution in [0.5, 0.6) is 0 Å². The highest BCUT2D eigenvalue weighted by atomic mass is 35.5. The van der Waals surface area contributed by atoms with Gasteiger partial charge in [-0.15, -0.1) is 0 Å². The average molecular weight is 434 g/mol. The molecule has 0 spiro atoms. The SMILES string of the molecule is O=C(Nc1ccc(C(F)(F)F)cc1Cl)c1ccc2c(c1)C(=O)c1ccccc1C2=O.[HH].[HH]. The molecule has 0 radical (unpaired) electrons. The van der Waals surface area contributed by atoms with E-state index < -0.39 is 17.6 Å². The minimum absolute atomic E-state index is 0. The maximum absolute atomic E-state index is 12.8. The molecule has 4 nitrogen and oxygen atoms in total. The Hall–Kier alpha value is -3.45. The van der Waals surface area contributed by atoms with Gasteiger partial charge >= 0.3 is 6.18 Å². The van der Waals surface area contributed by atoms with E-state index in [0.717, 1.165) is 12.1 Å². The Morgan fingerprint density at radius 1 is 0.833 bits per heavy atom. The fraction of sp³-hybridized carbons (Fsp3) is 0.0455. The summed E-state index contributed by atoms with van der Waals surface area (Å²) in [7, 11) is 0. The number of nitrogens with one attached hydrogen (secondary N) is 1. The van der Waals surface area contributed by atoms with Crippen LogP contribution in [0, 0.1) is 0 Å². The number of hydrogen-bond donors (Lipinski definition) is 1. The van der Waals surface area contributed by atoms with E-state index in [1.807, 2.05) is 0 Å². The number of amides is 1. The number of anilines is 1. The van der Waals surface area contributed by atoms with E-state index >= 15 is 0 Å². The lowest BCUT2D eigenvalue weighted by Crippen LogP contribution is -2.22. The van der Waals surface area contributed by atoms with Crippen LogP contribution in [0.4, 0.5) is 18.9 Å². The van der Waals surface area contributed by atoms with E-state index in [0.29, 0.717) is 11.6 Å². The van der Waals surface area contributed by atoms with Gasteiger partial charge in [-0.1, -0.05) is 35.9 Å². The molecule has 0 saturated carbocycles. The van der Waals surface area contributed by atoms with Gasteiger partial charge in [0, 0.05) is 30.7 Å². The molecule has 154 valence electrons. The van der Waals surface area contributed by atoms with E-state index in [4.69, 9.17) is 11.6 Å². The lowest BCUT2D eigenvalue weighted by molar-refractivity contribution is -0.137. The van der Waals surface area contributed by atoms with Crippen LogP contribution in [0.15, 0.2) is 60.7 Å². The van der Waals surface area contributed by atoms with Gasteiger partial charge in [-0.2, -0.15) is 13.2 Å². The highest BCUT2D eigenvalue weighted by molar-refractivity contribution is 6.34. The van der Waals surface area contributed by atoms with Crippen molar-refractivity contribution in [1.82, 2.24) is 0 Å². The third kappa shape index (κ3) is 3.37. The van der Waals surface area contributed by atoms with Crippen molar-refractivity contribution in [3.63, 3.8) is 0 Å². The van der Waals surface area contributed by atoms with E-state index in [9.17, 15) is 27.6 Å². The largest absolute Gasteiger partial charge is 0.416 e. The summed E-state index contributed by atoms with van der Waals surface area (Å²) in [5, 5.41) is 2.14. The quantitative estimate of drug-likeness (QED) is 0.429. The molecule has 0 aromatic heterocycles. The molecule has 30 heavy (non-hydrogen) atoms. The molecule has 0 atom stereocenters. The van der Waals surface area contributed by atoms with Gasteiger partial charge in [-0.25, -0.2) is 0 Å². The Kier molecular flexibility index (Phi) is 4.70. The molecule has 1 N–H and O–H groups in total. The van der Waals surface area contributed by atoms with Crippen molar-refractivity contribution in [2.24, 2.45) is 0 Å². The average Bonchev–Trinajstić information content (AvgIpc) is 2.72. The van der Waals surface area contributed by atoms with Crippen molar-refractivity contribution in [1.29, 1.82) is 0 Å². The zero-order valence-electron chi connectivity index (χ0n) is 15.0. The standard InChI is InChI=1S/C22H11ClF3NO3.2H2/c23-17-10-12(22(24,25)26)6-8-18(17)27-21(30)11-5-7-15-16(9-11)20(29)14-4-2-1-3-13(14)19(15)28;;/h1-10H,(H,27,30);2*1H. The van der Waals surface area contributed by atoms with Crippen LogP contribution in [0.1, 0.15) is 50.6 Å². The summed E-state index contributed by atoms with van der Waals surface area (Å²) >= 11 is 5.87. The molecular weight excluding hydrogens is 419 g/mol. The third-order valence-electron chi connectivity index (χ3n) is 4.73. The van der Waals surface area contributed by atoms with Gasteiger partial charge in [0.25, 0.3) is 5.91 Å². The van der Waals surface area contributed by atoms with Gasteiger partial charge in [-0.05, 0) is 36.4 Å². The van der Waals surface area contributed by atoms with Crippen molar-refractivity contribution in [3.05, 3.63) is 99.1 Å². The van der Waals surface area contributed by atoms with Crippen LogP contribution in [0.25, 0.3) is 0 Å². The Balaban J connectivity index is 0.00000181. The molecule has 1 aliphatic rings. The van der Waals surface area contributed by atoms with E-state index in [2.05, 4.69) is 5.32 Å². The normalized spacial score (nSPS) is 12.9. The van der Waals surface area contributed by atoms with Crippen molar-refractivity contribution < 1.29 is 30.4 Å². The Morgan fingerprint density at radius 2 is 1.43 bits per heavy atom. The first-order chi connectivity index (χ1) is 14.2. The zero-order chi connectivity index (χ0) is 21.6. The van der Waals surface area contributed by atoms with Gasteiger partial charge in [0.2, 0.25) is 0 Å². The second-order valence-corrected chi connectivity index (χ2v) is 7.02. The van der Waals surface area contributed by atoms with Crippen molar-refractivity contribution in [2.45, 2.75) is 6.18 Å². The fourth-order valence-corrected chi connectivity index (χ4v) is 3.46. The number of fused-ring (bicyclic) bond motifs is 2. The van der Waals surface area contributed by atoms with Crippen LogP contribution in [0.2, 0.25) is 5.02 Å². The number of carbonyl (C=O) groups excluding carboxylic acids is 3. The van der Waals surface area contributed by atoms with E-state index in [-0.39, 0.29) is 47.4 Å². The topological polar surface area (TPSA) is 63.2 Å². The molecule has 0 aliphatic heterocycles. The number of alkyl halides is 3. The second-order valence-electron chi connectivity index (χ2n) is 6.61. The molecule has 0 bridgehead atoms. The molecule has 3 aromatic carbocycles. The first-order valence-corrected chi connectivity index (χ1v) is 9.05. The first-order valence-electron chi connectivity index (χ1n) is 8.67. The molecule has 8 heteroatoms. The Morgan fingerprint density at radius 3 is 2.03 bits per heavy atom. The van der Waals surface area contributed by atoms with Crippen molar-refractivity contribution in [2.75, 3.05) is 5.32 Å². The van der Waals surface area contributed by atoms with Crippen LogP contribution >= 0.6 is 11.6 Å². The van der Waals surface area contributed by atoms with Crippen molar-refractivity contribution >= 4 is 34.8 Å². The molecule has 3 aromatic rings. The Bertz CT molecular complexity index is 1250. The summed E-state index contributed by atoms with van der Waals surface area (Å²) in [5.41, 5.74) is -0.0813. The lowest BCUT2D eigenvalue weighted by Gasteiger charge is -2.18. The fourth-order valence-electron chi connectivity index (χ4n) is 3.23. The van der Waals surface area contributed by atoms with Gasteiger partial charge in [-0.3, -0.25) is 14.4 Å². The van der Waals surface area contributed by atoms with Crippen molar-refractivity contribution in [3.8, 4) is 0 Å². The molecule has 0 fully saturated rings. The molecule has 0 saturated heterocycles. The first kappa shape index (κ1) is 19.8. The van der Waals surface area contributed by atoms with Gasteiger partial charge in [0.15, 0.2) is 11.6 Å². The molecule has 1 amide bonds. The van der Waals surface area contributed by atoms with Crippen LogP contribution in [0.3, 0.4) is 0 Å². The van der Waals surface area contributed by atoms with E-state index in [1.54, 1.807) is 18.2 Å². The molecule has 1 aliphatic carbocycles. The number of benzene rings is 3. The summed E-state index contributed by atoms with van der Waals surface area (Å²) in [4.78, 5) is 38.0. The number of hydrogen-bond acceptors (Lipinski definition) is 3. The van der Waals surface area contributed by atoms with Crippen LogP contribution in [-0.2, 0) is 6.18 Å². The maximum atomic E-state index is 12.8. The monoisotopic (exact) mass is 433 g/mol. The number of halogens is 4. The highest BCUT2D eigenvalue weighted by Crippen LogP contribution is 2.34. The molecular formula is C22H15ClF3NO3. The van der Waals surface area contributed by atoms with Gasteiger partial charge in [0.1, 0.15) is 0 Å².